The highest BCUT2D eigenvalue weighted by Crippen LogP contribution is 2.18. The van der Waals surface area contributed by atoms with Crippen LogP contribution in [-0.2, 0) is 6.42 Å². The molecule has 1 N–H and O–H groups in total. The van der Waals surface area contributed by atoms with E-state index in [-0.39, 0.29) is 0 Å². The third-order valence-electron chi connectivity index (χ3n) is 2.73. The van der Waals surface area contributed by atoms with E-state index < -0.39 is 0 Å². The Balaban J connectivity index is 2.13. The molecule has 0 bridgehead atoms. The Bertz CT molecular complexity index is 261. The number of imidazole rings is 1. The molecule has 1 aliphatic rings. The fraction of sp³-hybridized carbons (Fsp3) is 0.700. The van der Waals surface area contributed by atoms with E-state index in [4.69, 9.17) is 0 Å². The predicted octanol–water partition coefficient (Wildman–Crippen LogP) is 1.37. The molecule has 2 heterocycles. The highest BCUT2D eigenvalue weighted by atomic mass is 15.1. The lowest BCUT2D eigenvalue weighted by atomic mass is 10.1. The summed E-state index contributed by atoms with van der Waals surface area (Å²) in [7, 11) is 0. The van der Waals surface area contributed by atoms with Crippen LogP contribution in [0.5, 0.6) is 0 Å². The second-order valence-corrected chi connectivity index (χ2v) is 3.60. The molecular weight excluding hydrogens is 162 g/mol. The van der Waals surface area contributed by atoms with Crippen LogP contribution < -0.4 is 5.32 Å². The van der Waals surface area contributed by atoms with Crippen molar-refractivity contribution in [2.24, 2.45) is 0 Å². The summed E-state index contributed by atoms with van der Waals surface area (Å²) < 4.78 is 2.33. The number of hydrogen-bond acceptors (Lipinski definition) is 2. The first-order valence-electron chi connectivity index (χ1n) is 5.14. The van der Waals surface area contributed by atoms with Gasteiger partial charge in [0.15, 0.2) is 0 Å². The maximum atomic E-state index is 4.35. The highest BCUT2D eigenvalue weighted by Gasteiger charge is 2.16. The maximum Gasteiger partial charge on any atom is 0.108 e. The van der Waals surface area contributed by atoms with E-state index >= 15 is 0 Å². The predicted molar refractivity (Wildman–Crippen MR) is 52.7 cm³/mol. The molecule has 13 heavy (non-hydrogen) atoms. The summed E-state index contributed by atoms with van der Waals surface area (Å²) in [6.45, 7) is 4.44. The Morgan fingerprint density at radius 1 is 1.69 bits per heavy atom. The Morgan fingerprint density at radius 2 is 2.62 bits per heavy atom. The lowest BCUT2D eigenvalue weighted by Gasteiger charge is -2.25. The summed E-state index contributed by atoms with van der Waals surface area (Å²) in [4.78, 5) is 4.35. The summed E-state index contributed by atoms with van der Waals surface area (Å²) >= 11 is 0. The van der Waals surface area contributed by atoms with Gasteiger partial charge in [0.1, 0.15) is 5.82 Å². The van der Waals surface area contributed by atoms with E-state index in [0.717, 1.165) is 13.0 Å². The first-order valence-corrected chi connectivity index (χ1v) is 5.14. The maximum absolute atomic E-state index is 4.35. The van der Waals surface area contributed by atoms with Crippen LogP contribution in [0.25, 0.3) is 0 Å². The Labute approximate surface area is 79.2 Å². The minimum atomic E-state index is 0.631. The Kier molecular flexibility index (Phi) is 2.64. The topological polar surface area (TPSA) is 29.9 Å². The zero-order chi connectivity index (χ0) is 9.10. The summed E-state index contributed by atoms with van der Waals surface area (Å²) in [5.41, 5.74) is 0. The molecule has 3 nitrogen and oxygen atoms in total. The van der Waals surface area contributed by atoms with Gasteiger partial charge >= 0.3 is 0 Å². The minimum Gasteiger partial charge on any atom is -0.331 e. The van der Waals surface area contributed by atoms with Gasteiger partial charge in [-0.2, -0.15) is 0 Å². The molecule has 0 aliphatic carbocycles. The molecule has 1 saturated heterocycles. The normalized spacial score (nSPS) is 23.3. The van der Waals surface area contributed by atoms with Crippen LogP contribution in [0.2, 0.25) is 0 Å². The smallest absolute Gasteiger partial charge is 0.108 e. The molecule has 1 fully saturated rings. The second-order valence-electron chi connectivity index (χ2n) is 3.60. The monoisotopic (exact) mass is 179 g/mol. The molecule has 0 saturated carbocycles. The van der Waals surface area contributed by atoms with Crippen molar-refractivity contribution in [1.82, 2.24) is 14.9 Å². The van der Waals surface area contributed by atoms with Gasteiger partial charge in [-0.05, 0) is 19.4 Å². The van der Waals surface area contributed by atoms with Crippen molar-refractivity contribution in [3.8, 4) is 0 Å². The Morgan fingerprint density at radius 3 is 3.31 bits per heavy atom. The first kappa shape index (κ1) is 8.75. The second kappa shape index (κ2) is 3.92. The summed E-state index contributed by atoms with van der Waals surface area (Å²) in [6, 6.07) is 0.631. The molecule has 1 atom stereocenters. The van der Waals surface area contributed by atoms with Crippen LogP contribution >= 0.6 is 0 Å². The van der Waals surface area contributed by atoms with Gasteiger partial charge in [-0.3, -0.25) is 0 Å². The van der Waals surface area contributed by atoms with Crippen molar-refractivity contribution in [3.05, 3.63) is 18.2 Å². The number of hydrogen-bond donors (Lipinski definition) is 1. The van der Waals surface area contributed by atoms with Crippen LogP contribution in [0, 0.1) is 0 Å². The minimum absolute atomic E-state index is 0.631. The number of aryl methyl sites for hydroxylation is 1. The third-order valence-corrected chi connectivity index (χ3v) is 2.73. The number of rotatable bonds is 2. The van der Waals surface area contributed by atoms with Gasteiger partial charge in [-0.1, -0.05) is 6.92 Å². The van der Waals surface area contributed by atoms with Crippen molar-refractivity contribution in [2.75, 3.05) is 13.1 Å². The molecule has 3 heteroatoms. The number of nitrogens with one attached hydrogen (secondary N) is 1. The highest BCUT2D eigenvalue weighted by molar-refractivity contribution is 4.96. The van der Waals surface area contributed by atoms with Crippen molar-refractivity contribution >= 4 is 0 Å². The van der Waals surface area contributed by atoms with Gasteiger partial charge in [0.05, 0.1) is 0 Å². The lowest BCUT2D eigenvalue weighted by molar-refractivity contribution is 0.364. The van der Waals surface area contributed by atoms with Gasteiger partial charge in [-0.15, -0.1) is 0 Å². The van der Waals surface area contributed by atoms with Gasteiger partial charge in [0.25, 0.3) is 0 Å². The standard InChI is InChI=1S/C10H17N3/c1-2-10-12-6-7-13(10)9-4-3-5-11-8-9/h6-7,9,11H,2-5,8H2,1H3/t9-/m1/s1. The molecule has 0 radical (unpaired) electrons. The van der Waals surface area contributed by atoms with E-state index in [9.17, 15) is 0 Å². The molecule has 1 aliphatic heterocycles. The lowest BCUT2D eigenvalue weighted by Crippen LogP contribution is -2.32. The number of aromatic nitrogens is 2. The van der Waals surface area contributed by atoms with E-state index in [0.29, 0.717) is 6.04 Å². The zero-order valence-corrected chi connectivity index (χ0v) is 8.16. The molecule has 0 amide bonds. The zero-order valence-electron chi connectivity index (χ0n) is 8.16. The SMILES string of the molecule is CCc1nccn1[C@@H]1CCCNC1. The average molecular weight is 179 g/mol. The van der Waals surface area contributed by atoms with Gasteiger partial charge in [0, 0.05) is 31.4 Å². The summed E-state index contributed by atoms with van der Waals surface area (Å²) in [5, 5.41) is 3.43. The summed E-state index contributed by atoms with van der Waals surface area (Å²) in [6.07, 6.45) is 7.62. The van der Waals surface area contributed by atoms with E-state index in [1.54, 1.807) is 0 Å². The van der Waals surface area contributed by atoms with Crippen LogP contribution in [0.3, 0.4) is 0 Å². The average Bonchev–Trinajstić information content (AvgIpc) is 2.67. The number of piperidine rings is 1. The third kappa shape index (κ3) is 1.75. The molecular formula is C10H17N3. The van der Waals surface area contributed by atoms with Gasteiger partial charge < -0.3 is 9.88 Å². The molecule has 1 aromatic heterocycles. The molecule has 0 aromatic carbocycles. The Hall–Kier alpha value is -0.830. The van der Waals surface area contributed by atoms with E-state index in [1.807, 2.05) is 6.20 Å². The van der Waals surface area contributed by atoms with Gasteiger partial charge in [-0.25, -0.2) is 4.98 Å². The summed E-state index contributed by atoms with van der Waals surface area (Å²) in [5.74, 6) is 1.22. The van der Waals surface area contributed by atoms with E-state index in [2.05, 4.69) is 28.0 Å². The van der Waals surface area contributed by atoms with Crippen molar-refractivity contribution in [1.29, 1.82) is 0 Å². The van der Waals surface area contributed by atoms with Crippen molar-refractivity contribution in [3.63, 3.8) is 0 Å². The first-order chi connectivity index (χ1) is 6.42. The molecule has 1 aromatic rings. The van der Waals surface area contributed by atoms with Gasteiger partial charge in [0.2, 0.25) is 0 Å². The molecule has 0 unspecified atom stereocenters. The van der Waals surface area contributed by atoms with Crippen LogP contribution in [0.4, 0.5) is 0 Å². The van der Waals surface area contributed by atoms with E-state index in [1.165, 1.54) is 25.2 Å². The van der Waals surface area contributed by atoms with Crippen LogP contribution in [0.1, 0.15) is 31.6 Å². The fourth-order valence-electron chi connectivity index (χ4n) is 2.02. The van der Waals surface area contributed by atoms with Crippen molar-refractivity contribution in [2.45, 2.75) is 32.2 Å². The molecule has 2 rings (SSSR count). The molecule has 0 spiro atoms. The van der Waals surface area contributed by atoms with Crippen molar-refractivity contribution < 1.29 is 0 Å². The largest absolute Gasteiger partial charge is 0.331 e. The molecule has 72 valence electrons. The quantitative estimate of drug-likeness (QED) is 0.743. The number of nitrogens with zero attached hydrogens (tertiary/aromatic N) is 2. The van der Waals surface area contributed by atoms with Crippen LogP contribution in [-0.4, -0.2) is 22.6 Å². The van der Waals surface area contributed by atoms with Crippen LogP contribution in [0.15, 0.2) is 12.4 Å². The fourth-order valence-corrected chi connectivity index (χ4v) is 2.02.